The summed E-state index contributed by atoms with van der Waals surface area (Å²) in [5, 5.41) is 0. The Hall–Kier alpha value is -2.13. The molecule has 0 aromatic heterocycles. The van der Waals surface area contributed by atoms with E-state index in [1.165, 1.54) is 12.1 Å². The Kier molecular flexibility index (Phi) is 8.45. The predicted octanol–water partition coefficient (Wildman–Crippen LogP) is 0.872. The van der Waals surface area contributed by atoms with Crippen LogP contribution >= 0.6 is 0 Å². The molecule has 1 fully saturated rings. The maximum atomic E-state index is 12.5. The average molecular weight is 426 g/mol. The second-order valence-electron chi connectivity index (χ2n) is 7.49. The highest BCUT2D eigenvalue weighted by molar-refractivity contribution is 7.90. The summed E-state index contributed by atoms with van der Waals surface area (Å²) in [4.78, 5) is 30.1. The average Bonchev–Trinajstić information content (AvgIpc) is 2.90. The minimum atomic E-state index is -3.22. The Balaban J connectivity index is 1.70. The fourth-order valence-electron chi connectivity index (χ4n) is 3.07. The molecule has 8 nitrogen and oxygen atoms in total. The zero-order valence-electron chi connectivity index (χ0n) is 17.5. The van der Waals surface area contributed by atoms with E-state index in [0.29, 0.717) is 51.4 Å². The maximum Gasteiger partial charge on any atom is 0.236 e. The van der Waals surface area contributed by atoms with Crippen molar-refractivity contribution in [2.24, 2.45) is 0 Å². The van der Waals surface area contributed by atoms with Gasteiger partial charge < -0.3 is 14.5 Å². The number of nitrogens with zero attached hydrogens (tertiary/aromatic N) is 3. The molecule has 1 aliphatic rings. The zero-order valence-corrected chi connectivity index (χ0v) is 18.3. The van der Waals surface area contributed by atoms with Gasteiger partial charge in [-0.1, -0.05) is 0 Å². The Morgan fingerprint density at radius 3 is 2.38 bits per heavy atom. The molecule has 29 heavy (non-hydrogen) atoms. The van der Waals surface area contributed by atoms with Crippen LogP contribution in [0.4, 0.5) is 0 Å². The number of benzene rings is 1. The summed E-state index contributed by atoms with van der Waals surface area (Å²) >= 11 is 0. The van der Waals surface area contributed by atoms with Gasteiger partial charge in [-0.2, -0.15) is 0 Å². The summed E-state index contributed by atoms with van der Waals surface area (Å²) in [6.07, 6.45) is 3.01. The number of ether oxygens (including phenoxy) is 1. The van der Waals surface area contributed by atoms with Crippen LogP contribution in [0.3, 0.4) is 0 Å². The lowest BCUT2D eigenvalue weighted by molar-refractivity contribution is -0.131. The topological polar surface area (TPSA) is 87.2 Å². The fraction of sp³-hybridized carbons (Fsp3) is 0.600. The van der Waals surface area contributed by atoms with E-state index in [4.69, 9.17) is 4.74 Å². The normalized spacial score (nSPS) is 15.6. The highest BCUT2D eigenvalue weighted by Gasteiger charge is 2.20. The van der Waals surface area contributed by atoms with Gasteiger partial charge in [0.25, 0.3) is 0 Å². The number of carbonyl (C=O) groups is 2. The molecule has 2 amide bonds. The molecule has 0 saturated carbocycles. The molecule has 2 rings (SSSR count). The first-order valence-corrected chi connectivity index (χ1v) is 11.7. The zero-order chi connectivity index (χ0) is 21.4. The summed E-state index contributed by atoms with van der Waals surface area (Å²) in [6, 6.07) is 6.27. The highest BCUT2D eigenvalue weighted by Crippen LogP contribution is 2.16. The van der Waals surface area contributed by atoms with E-state index in [1.54, 1.807) is 31.1 Å². The standard InChI is InChI=1S/C20H31N3O5S/c1-21(2)20(25)16-22-11-5-12-23(14-13-22)19(24)6-4-15-28-17-7-9-18(10-8-17)29(3,26)27/h7-10H,4-6,11-16H2,1-3H3. The van der Waals surface area contributed by atoms with E-state index >= 15 is 0 Å². The molecular weight excluding hydrogens is 394 g/mol. The van der Waals surface area contributed by atoms with Crippen LogP contribution in [0.5, 0.6) is 5.75 Å². The lowest BCUT2D eigenvalue weighted by atomic mass is 10.2. The number of hydrogen-bond acceptors (Lipinski definition) is 6. The molecule has 1 aromatic rings. The number of rotatable bonds is 8. The summed E-state index contributed by atoms with van der Waals surface area (Å²) in [7, 11) is 0.280. The van der Waals surface area contributed by atoms with Gasteiger partial charge in [0.05, 0.1) is 18.0 Å². The van der Waals surface area contributed by atoms with Crippen molar-refractivity contribution in [3.05, 3.63) is 24.3 Å². The first kappa shape index (κ1) is 23.2. The first-order valence-electron chi connectivity index (χ1n) is 9.80. The van der Waals surface area contributed by atoms with Gasteiger partial charge in [0.2, 0.25) is 11.8 Å². The molecule has 0 radical (unpaired) electrons. The van der Waals surface area contributed by atoms with E-state index in [1.807, 2.05) is 4.90 Å². The minimum absolute atomic E-state index is 0.0755. The van der Waals surface area contributed by atoms with Crippen LogP contribution < -0.4 is 4.74 Å². The number of hydrogen-bond donors (Lipinski definition) is 0. The summed E-state index contributed by atoms with van der Waals surface area (Å²) < 4.78 is 28.5. The molecule has 0 atom stereocenters. The van der Waals surface area contributed by atoms with Crippen LogP contribution in [-0.2, 0) is 19.4 Å². The summed E-state index contributed by atoms with van der Waals surface area (Å²) in [6.45, 7) is 3.64. The second kappa shape index (κ2) is 10.6. The monoisotopic (exact) mass is 425 g/mol. The molecular formula is C20H31N3O5S. The van der Waals surface area contributed by atoms with Crippen molar-refractivity contribution < 1.29 is 22.7 Å². The van der Waals surface area contributed by atoms with Crippen LogP contribution in [0.25, 0.3) is 0 Å². The van der Waals surface area contributed by atoms with Crippen LogP contribution in [-0.4, -0.2) is 94.6 Å². The number of carbonyl (C=O) groups excluding carboxylic acids is 2. The predicted molar refractivity (Wildman–Crippen MR) is 111 cm³/mol. The number of likely N-dealkylation sites (N-methyl/N-ethyl adjacent to an activating group) is 1. The smallest absolute Gasteiger partial charge is 0.236 e. The SMILES string of the molecule is CN(C)C(=O)CN1CCCN(C(=O)CCCOc2ccc(S(C)(=O)=O)cc2)CC1. The van der Waals surface area contributed by atoms with Gasteiger partial charge >= 0.3 is 0 Å². The van der Waals surface area contributed by atoms with Crippen molar-refractivity contribution >= 4 is 21.7 Å². The lowest BCUT2D eigenvalue weighted by Gasteiger charge is -2.22. The Morgan fingerprint density at radius 2 is 1.76 bits per heavy atom. The van der Waals surface area contributed by atoms with Gasteiger partial charge in [0.15, 0.2) is 9.84 Å². The van der Waals surface area contributed by atoms with Crippen molar-refractivity contribution in [1.29, 1.82) is 0 Å². The quantitative estimate of drug-likeness (QED) is 0.575. The third kappa shape index (κ3) is 7.66. The summed E-state index contributed by atoms with van der Waals surface area (Å²) in [5.41, 5.74) is 0. The van der Waals surface area contributed by atoms with Gasteiger partial charge in [0, 0.05) is 53.0 Å². The molecule has 1 aromatic carbocycles. The Morgan fingerprint density at radius 1 is 1.07 bits per heavy atom. The van der Waals surface area contributed by atoms with Crippen LogP contribution in [0.1, 0.15) is 19.3 Å². The van der Waals surface area contributed by atoms with Gasteiger partial charge in [-0.15, -0.1) is 0 Å². The minimum Gasteiger partial charge on any atom is -0.494 e. The van der Waals surface area contributed by atoms with E-state index in [9.17, 15) is 18.0 Å². The lowest BCUT2D eigenvalue weighted by Crippen LogP contribution is -2.39. The van der Waals surface area contributed by atoms with E-state index in [0.717, 1.165) is 19.2 Å². The van der Waals surface area contributed by atoms with Crippen LogP contribution in [0, 0.1) is 0 Å². The van der Waals surface area contributed by atoms with Gasteiger partial charge in [-0.3, -0.25) is 14.5 Å². The molecule has 0 aliphatic carbocycles. The second-order valence-corrected chi connectivity index (χ2v) is 9.51. The van der Waals surface area contributed by atoms with Crippen molar-refractivity contribution in [3.8, 4) is 5.75 Å². The van der Waals surface area contributed by atoms with Crippen molar-refractivity contribution in [1.82, 2.24) is 14.7 Å². The Bertz CT molecular complexity index is 793. The third-order valence-electron chi connectivity index (χ3n) is 4.85. The summed E-state index contributed by atoms with van der Waals surface area (Å²) in [5.74, 6) is 0.758. The van der Waals surface area contributed by atoms with Crippen LogP contribution in [0.2, 0.25) is 0 Å². The highest BCUT2D eigenvalue weighted by atomic mass is 32.2. The van der Waals surface area contributed by atoms with Crippen molar-refractivity contribution in [2.75, 3.05) is 59.7 Å². The fourth-order valence-corrected chi connectivity index (χ4v) is 3.70. The molecule has 1 aliphatic heterocycles. The molecule has 1 heterocycles. The van der Waals surface area contributed by atoms with E-state index in [-0.39, 0.29) is 16.7 Å². The van der Waals surface area contributed by atoms with Crippen molar-refractivity contribution in [3.63, 3.8) is 0 Å². The van der Waals surface area contributed by atoms with E-state index in [2.05, 4.69) is 4.90 Å². The molecule has 0 N–H and O–H groups in total. The van der Waals surface area contributed by atoms with Gasteiger partial charge in [0.1, 0.15) is 5.75 Å². The van der Waals surface area contributed by atoms with Gasteiger partial charge in [-0.25, -0.2) is 8.42 Å². The Labute approximate surface area is 173 Å². The molecule has 162 valence electrons. The molecule has 9 heteroatoms. The van der Waals surface area contributed by atoms with Crippen molar-refractivity contribution in [2.45, 2.75) is 24.2 Å². The number of sulfone groups is 1. The van der Waals surface area contributed by atoms with E-state index < -0.39 is 9.84 Å². The molecule has 0 bridgehead atoms. The van der Waals surface area contributed by atoms with Crippen LogP contribution in [0.15, 0.2) is 29.2 Å². The largest absolute Gasteiger partial charge is 0.494 e. The van der Waals surface area contributed by atoms with Gasteiger partial charge in [-0.05, 0) is 37.1 Å². The molecule has 0 unspecified atom stereocenters. The number of amides is 2. The molecule has 1 saturated heterocycles. The maximum absolute atomic E-state index is 12.5. The third-order valence-corrected chi connectivity index (χ3v) is 5.98. The molecule has 0 spiro atoms. The first-order chi connectivity index (χ1) is 13.7.